The molecule has 1 N–H and O–H groups in total. The zero-order valence-corrected chi connectivity index (χ0v) is 14.3. The number of nitrogens with one attached hydrogen (secondary N) is 1. The van der Waals surface area contributed by atoms with Crippen molar-refractivity contribution in [2.75, 3.05) is 18.0 Å². The summed E-state index contributed by atoms with van der Waals surface area (Å²) in [5.41, 5.74) is 1.07. The number of halogens is 2. The van der Waals surface area contributed by atoms with Gasteiger partial charge in [-0.3, -0.25) is 0 Å². The summed E-state index contributed by atoms with van der Waals surface area (Å²) in [5.74, 6) is 0.331. The monoisotopic (exact) mass is 342 g/mol. The number of rotatable bonds is 3. The van der Waals surface area contributed by atoms with Crippen molar-refractivity contribution in [3.05, 3.63) is 28.5 Å². The Morgan fingerprint density at radius 1 is 1.50 bits per heavy atom. The Morgan fingerprint density at radius 3 is 2.75 bits per heavy atom. The first-order chi connectivity index (χ1) is 9.36. The molecule has 1 aliphatic heterocycles. The summed E-state index contributed by atoms with van der Waals surface area (Å²) in [6.45, 7) is 10.7. The summed E-state index contributed by atoms with van der Waals surface area (Å²) in [5, 5.41) is 3.66. The first-order valence-electron chi connectivity index (χ1n) is 7.33. The molecule has 1 aromatic carbocycles. The van der Waals surface area contributed by atoms with E-state index in [1.165, 1.54) is 0 Å². The molecular weight excluding hydrogens is 319 g/mol. The molecule has 0 spiro atoms. The molecule has 112 valence electrons. The maximum Gasteiger partial charge on any atom is 0.139 e. The van der Waals surface area contributed by atoms with Crippen LogP contribution in [0.15, 0.2) is 22.7 Å². The van der Waals surface area contributed by atoms with Gasteiger partial charge in [-0.05, 0) is 53.4 Å². The van der Waals surface area contributed by atoms with Gasteiger partial charge in [0.25, 0.3) is 0 Å². The second-order valence-corrected chi connectivity index (χ2v) is 7.19. The second-order valence-electron chi connectivity index (χ2n) is 6.33. The van der Waals surface area contributed by atoms with Gasteiger partial charge in [-0.1, -0.05) is 20.8 Å². The first-order valence-corrected chi connectivity index (χ1v) is 8.12. The molecule has 4 heteroatoms. The Balaban J connectivity index is 2.33. The van der Waals surface area contributed by atoms with Crippen LogP contribution in [0.5, 0.6) is 0 Å². The molecule has 2 unspecified atom stereocenters. The summed E-state index contributed by atoms with van der Waals surface area (Å²) in [7, 11) is 0. The van der Waals surface area contributed by atoms with E-state index < -0.39 is 0 Å². The maximum atomic E-state index is 13.8. The van der Waals surface area contributed by atoms with Gasteiger partial charge in [0.15, 0.2) is 0 Å². The SMILES string of the molecule is CCC1(C)CN(c2ccc(Br)c(F)c2)C(C(C)C)CN1. The van der Waals surface area contributed by atoms with Gasteiger partial charge in [-0.15, -0.1) is 0 Å². The lowest BCUT2D eigenvalue weighted by Gasteiger charge is -2.48. The molecule has 1 heterocycles. The molecule has 0 radical (unpaired) electrons. The van der Waals surface area contributed by atoms with Crippen molar-refractivity contribution < 1.29 is 4.39 Å². The molecule has 0 saturated carbocycles. The smallest absolute Gasteiger partial charge is 0.139 e. The molecule has 2 nitrogen and oxygen atoms in total. The van der Waals surface area contributed by atoms with Crippen LogP contribution in [0.25, 0.3) is 0 Å². The lowest BCUT2D eigenvalue weighted by Crippen LogP contribution is -2.64. The van der Waals surface area contributed by atoms with Gasteiger partial charge in [0.1, 0.15) is 5.82 Å². The topological polar surface area (TPSA) is 15.3 Å². The summed E-state index contributed by atoms with van der Waals surface area (Å²) < 4.78 is 14.4. The largest absolute Gasteiger partial charge is 0.365 e. The second kappa shape index (κ2) is 6.02. The van der Waals surface area contributed by atoms with E-state index in [9.17, 15) is 4.39 Å². The Labute approximate surface area is 129 Å². The quantitative estimate of drug-likeness (QED) is 0.885. The van der Waals surface area contributed by atoms with E-state index in [4.69, 9.17) is 0 Å². The molecule has 1 fully saturated rings. The Kier molecular flexibility index (Phi) is 4.75. The molecule has 0 bridgehead atoms. The predicted molar refractivity (Wildman–Crippen MR) is 86.8 cm³/mol. The summed E-state index contributed by atoms with van der Waals surface area (Å²) in [6, 6.07) is 5.84. The van der Waals surface area contributed by atoms with E-state index >= 15 is 0 Å². The van der Waals surface area contributed by atoms with E-state index in [0.717, 1.165) is 25.2 Å². The first kappa shape index (κ1) is 15.8. The molecule has 2 rings (SSSR count). The molecule has 0 amide bonds. The van der Waals surface area contributed by atoms with Gasteiger partial charge in [0.2, 0.25) is 0 Å². The van der Waals surface area contributed by atoms with Crippen LogP contribution in [0.1, 0.15) is 34.1 Å². The van der Waals surface area contributed by atoms with Crippen LogP contribution in [-0.4, -0.2) is 24.7 Å². The minimum Gasteiger partial charge on any atom is -0.365 e. The number of piperazine rings is 1. The third-order valence-corrected chi connectivity index (χ3v) is 5.09. The lowest BCUT2D eigenvalue weighted by atomic mass is 9.89. The molecule has 0 aliphatic carbocycles. The minimum absolute atomic E-state index is 0.0922. The molecule has 1 saturated heterocycles. The van der Waals surface area contributed by atoms with E-state index in [-0.39, 0.29) is 11.4 Å². The van der Waals surface area contributed by atoms with E-state index in [0.29, 0.717) is 16.4 Å². The normalized spacial score (nSPS) is 27.1. The molecular formula is C16H24BrFN2. The fraction of sp³-hybridized carbons (Fsp3) is 0.625. The van der Waals surface area contributed by atoms with E-state index in [1.54, 1.807) is 12.1 Å². The van der Waals surface area contributed by atoms with Crippen molar-refractivity contribution in [1.82, 2.24) is 5.32 Å². The van der Waals surface area contributed by atoms with Gasteiger partial charge >= 0.3 is 0 Å². The van der Waals surface area contributed by atoms with Crippen LogP contribution < -0.4 is 10.2 Å². The Morgan fingerprint density at radius 2 is 2.20 bits per heavy atom. The van der Waals surface area contributed by atoms with Gasteiger partial charge < -0.3 is 10.2 Å². The number of benzene rings is 1. The zero-order chi connectivity index (χ0) is 14.9. The highest BCUT2D eigenvalue weighted by molar-refractivity contribution is 9.10. The Bertz CT molecular complexity index is 478. The number of hydrogen-bond donors (Lipinski definition) is 1. The van der Waals surface area contributed by atoms with Gasteiger partial charge in [-0.25, -0.2) is 4.39 Å². The highest BCUT2D eigenvalue weighted by Crippen LogP contribution is 2.30. The van der Waals surface area contributed by atoms with Crippen molar-refractivity contribution in [1.29, 1.82) is 0 Å². The third kappa shape index (κ3) is 3.17. The van der Waals surface area contributed by atoms with E-state index in [1.807, 2.05) is 6.07 Å². The number of nitrogens with zero attached hydrogens (tertiary/aromatic N) is 1. The number of anilines is 1. The van der Waals surface area contributed by atoms with Crippen LogP contribution in [0, 0.1) is 11.7 Å². The van der Waals surface area contributed by atoms with Crippen molar-refractivity contribution in [3.63, 3.8) is 0 Å². The summed E-state index contributed by atoms with van der Waals surface area (Å²) >= 11 is 3.23. The van der Waals surface area contributed by atoms with Crippen molar-refractivity contribution in [3.8, 4) is 0 Å². The van der Waals surface area contributed by atoms with Crippen molar-refractivity contribution >= 4 is 21.6 Å². The molecule has 0 aromatic heterocycles. The van der Waals surface area contributed by atoms with Crippen LogP contribution in [0.2, 0.25) is 0 Å². The fourth-order valence-electron chi connectivity index (χ4n) is 2.79. The summed E-state index contributed by atoms with van der Waals surface area (Å²) in [6.07, 6.45) is 1.06. The highest BCUT2D eigenvalue weighted by atomic mass is 79.9. The third-order valence-electron chi connectivity index (χ3n) is 4.44. The lowest BCUT2D eigenvalue weighted by molar-refractivity contribution is 0.253. The highest BCUT2D eigenvalue weighted by Gasteiger charge is 2.36. The number of hydrogen-bond acceptors (Lipinski definition) is 2. The van der Waals surface area contributed by atoms with E-state index in [2.05, 4.69) is 53.8 Å². The average Bonchev–Trinajstić information content (AvgIpc) is 2.41. The fourth-order valence-corrected chi connectivity index (χ4v) is 3.04. The van der Waals surface area contributed by atoms with Gasteiger partial charge in [0, 0.05) is 30.4 Å². The molecule has 1 aliphatic rings. The molecule has 1 aromatic rings. The standard InChI is InChI=1S/C16H24BrFN2/c1-5-16(4)10-20(15(9-19-16)11(2)3)12-6-7-13(17)14(18)8-12/h6-8,11,15,19H,5,9-10H2,1-4H3. The average molecular weight is 343 g/mol. The van der Waals surface area contributed by atoms with Crippen LogP contribution in [0.4, 0.5) is 10.1 Å². The van der Waals surface area contributed by atoms with Crippen LogP contribution in [0.3, 0.4) is 0 Å². The minimum atomic E-state index is -0.193. The maximum absolute atomic E-state index is 13.8. The predicted octanol–water partition coefficient (Wildman–Crippen LogP) is 4.19. The van der Waals surface area contributed by atoms with Gasteiger partial charge in [0.05, 0.1) is 4.47 Å². The zero-order valence-electron chi connectivity index (χ0n) is 12.7. The molecule has 2 atom stereocenters. The van der Waals surface area contributed by atoms with Crippen molar-refractivity contribution in [2.45, 2.75) is 45.7 Å². The van der Waals surface area contributed by atoms with Crippen LogP contribution in [-0.2, 0) is 0 Å². The van der Waals surface area contributed by atoms with Crippen molar-refractivity contribution in [2.24, 2.45) is 5.92 Å². The van der Waals surface area contributed by atoms with Gasteiger partial charge in [-0.2, -0.15) is 0 Å². The Hall–Kier alpha value is -0.610. The summed E-state index contributed by atoms with van der Waals surface area (Å²) in [4.78, 5) is 2.36. The van der Waals surface area contributed by atoms with Crippen LogP contribution >= 0.6 is 15.9 Å². The molecule has 20 heavy (non-hydrogen) atoms.